The second kappa shape index (κ2) is 12.7. The van der Waals surface area contributed by atoms with E-state index in [2.05, 4.69) is 10.3 Å². The first-order valence-electron chi connectivity index (χ1n) is 12.3. The number of rotatable bonds is 8. The highest BCUT2D eigenvalue weighted by molar-refractivity contribution is 7.22. The fraction of sp³-hybridized carbons (Fsp3) is 0.214. The van der Waals surface area contributed by atoms with Crippen LogP contribution in [0.1, 0.15) is 21.7 Å². The number of hydrogen-bond acceptors (Lipinski definition) is 6. The molecule has 0 aliphatic carbocycles. The molecule has 41 heavy (non-hydrogen) atoms. The number of thiophene rings is 1. The van der Waals surface area contributed by atoms with E-state index < -0.39 is 12.1 Å². The molecule has 3 aromatic heterocycles. The molecule has 0 fully saturated rings. The molecule has 0 spiro atoms. The van der Waals surface area contributed by atoms with Crippen LogP contribution in [0, 0.1) is 0 Å². The van der Waals surface area contributed by atoms with Crippen LogP contribution in [0.25, 0.3) is 21.0 Å². The number of benzene rings is 2. The zero-order valence-electron chi connectivity index (χ0n) is 21.7. The average molecular weight is 587 g/mol. The fourth-order valence-corrected chi connectivity index (χ4v) is 5.20. The first-order valence-corrected chi connectivity index (χ1v) is 13.1. The highest BCUT2D eigenvalue weighted by atomic mass is 32.1. The van der Waals surface area contributed by atoms with Gasteiger partial charge in [0.25, 0.3) is 11.5 Å². The number of aromatic nitrogens is 3. The Kier molecular flexibility index (Phi) is 9.07. The normalized spacial score (nSPS) is 11.2. The molecule has 0 unspecified atom stereocenters. The van der Waals surface area contributed by atoms with Gasteiger partial charge in [-0.3, -0.25) is 9.59 Å². The second-order valence-electron chi connectivity index (χ2n) is 8.83. The fourth-order valence-electron chi connectivity index (χ4n) is 4.01. The van der Waals surface area contributed by atoms with Crippen LogP contribution in [0.15, 0.2) is 78.1 Å². The lowest BCUT2D eigenvalue weighted by Crippen LogP contribution is -2.25. The van der Waals surface area contributed by atoms with Crippen LogP contribution in [0.2, 0.25) is 0 Å². The Balaban J connectivity index is 0.000000493. The van der Waals surface area contributed by atoms with Gasteiger partial charge in [-0.25, -0.2) is 9.78 Å². The Morgan fingerprint density at radius 1 is 1.10 bits per heavy atom. The van der Waals surface area contributed by atoms with E-state index in [9.17, 15) is 22.8 Å². The SMILES string of the molecule is Cn1c(=O)c2c(OCc3ccccc3)c(C(=O)NCCCn3ccnc3)sc2c2ccccc21.O=C(O)C(F)(F)F. The predicted octanol–water partition coefficient (Wildman–Crippen LogP) is 4.98. The van der Waals surface area contributed by atoms with Crippen LogP contribution < -0.4 is 15.6 Å². The Morgan fingerprint density at radius 3 is 2.44 bits per heavy atom. The largest absolute Gasteiger partial charge is 0.490 e. The number of alkyl halides is 3. The number of aliphatic carboxylic acids is 1. The molecule has 0 aliphatic heterocycles. The lowest BCUT2D eigenvalue weighted by molar-refractivity contribution is -0.192. The highest BCUT2D eigenvalue weighted by Crippen LogP contribution is 2.40. The first-order chi connectivity index (χ1) is 19.6. The molecule has 1 amide bonds. The summed E-state index contributed by atoms with van der Waals surface area (Å²) in [5.41, 5.74) is 1.61. The van der Waals surface area contributed by atoms with Crippen molar-refractivity contribution in [2.75, 3.05) is 6.54 Å². The van der Waals surface area contributed by atoms with Crippen LogP contribution in [0.3, 0.4) is 0 Å². The summed E-state index contributed by atoms with van der Waals surface area (Å²) in [6.45, 7) is 1.53. The number of halogens is 3. The molecule has 3 heterocycles. The Hall–Kier alpha value is -4.65. The number of para-hydroxylation sites is 1. The van der Waals surface area contributed by atoms with E-state index in [4.69, 9.17) is 14.6 Å². The third-order valence-corrected chi connectivity index (χ3v) is 7.21. The summed E-state index contributed by atoms with van der Waals surface area (Å²) in [7, 11) is 1.75. The molecule has 0 radical (unpaired) electrons. The number of nitrogens with one attached hydrogen (secondary N) is 1. The molecule has 0 bridgehead atoms. The third kappa shape index (κ3) is 6.92. The van der Waals surface area contributed by atoms with Gasteiger partial charge in [-0.15, -0.1) is 11.3 Å². The van der Waals surface area contributed by atoms with Crippen molar-refractivity contribution in [1.82, 2.24) is 19.4 Å². The molecule has 2 N–H and O–H groups in total. The van der Waals surface area contributed by atoms with E-state index in [1.807, 2.05) is 65.4 Å². The Bertz CT molecular complexity index is 1710. The van der Waals surface area contributed by atoms with Crippen LogP contribution in [0.4, 0.5) is 13.2 Å². The van der Waals surface area contributed by atoms with E-state index in [-0.39, 0.29) is 18.1 Å². The van der Waals surface area contributed by atoms with Gasteiger partial charge in [0.1, 0.15) is 16.9 Å². The molecule has 0 saturated carbocycles. The molecule has 0 aliphatic rings. The van der Waals surface area contributed by atoms with Gasteiger partial charge in [0, 0.05) is 37.9 Å². The minimum Gasteiger partial charge on any atom is -0.486 e. The molecule has 5 aromatic rings. The molecule has 9 nitrogen and oxygen atoms in total. The Labute approximate surface area is 235 Å². The number of carbonyl (C=O) groups is 2. The number of carbonyl (C=O) groups excluding carboxylic acids is 1. The second-order valence-corrected chi connectivity index (χ2v) is 9.85. The Morgan fingerprint density at radius 2 is 1.78 bits per heavy atom. The lowest BCUT2D eigenvalue weighted by Gasteiger charge is -2.10. The number of fused-ring (bicyclic) bond motifs is 3. The zero-order valence-corrected chi connectivity index (χ0v) is 22.5. The number of hydrogen-bond donors (Lipinski definition) is 2. The molecule has 13 heteroatoms. The molecular formula is C28H25F3N4O5S. The number of carboxylic acids is 1. The van der Waals surface area contributed by atoms with E-state index >= 15 is 0 Å². The van der Waals surface area contributed by atoms with Crippen molar-refractivity contribution >= 4 is 44.2 Å². The van der Waals surface area contributed by atoms with E-state index in [0.717, 1.165) is 34.1 Å². The van der Waals surface area contributed by atoms with Gasteiger partial charge in [-0.2, -0.15) is 13.2 Å². The summed E-state index contributed by atoms with van der Waals surface area (Å²) in [4.78, 5) is 39.9. The molecule has 2 aromatic carbocycles. The third-order valence-electron chi connectivity index (χ3n) is 6.01. The van der Waals surface area contributed by atoms with E-state index in [0.29, 0.717) is 22.6 Å². The number of carboxylic acid groups (broad SMARTS) is 1. The van der Waals surface area contributed by atoms with Crippen molar-refractivity contribution in [2.45, 2.75) is 25.7 Å². The minimum absolute atomic E-state index is 0.174. The minimum atomic E-state index is -5.08. The van der Waals surface area contributed by atoms with Crippen LogP contribution >= 0.6 is 11.3 Å². The molecular weight excluding hydrogens is 561 g/mol. The number of pyridine rings is 1. The van der Waals surface area contributed by atoms with Crippen molar-refractivity contribution in [3.05, 3.63) is 94.1 Å². The summed E-state index contributed by atoms with van der Waals surface area (Å²) < 4.78 is 42.3. The van der Waals surface area contributed by atoms with Gasteiger partial charge >= 0.3 is 12.1 Å². The van der Waals surface area contributed by atoms with Crippen molar-refractivity contribution in [3.63, 3.8) is 0 Å². The van der Waals surface area contributed by atoms with Gasteiger partial charge < -0.3 is 24.3 Å². The molecule has 5 rings (SSSR count). The smallest absolute Gasteiger partial charge is 0.486 e. The van der Waals surface area contributed by atoms with Crippen LogP contribution in [-0.2, 0) is 25.0 Å². The number of ether oxygens (including phenoxy) is 1. The molecule has 0 atom stereocenters. The summed E-state index contributed by atoms with van der Waals surface area (Å²) in [5.74, 6) is -2.64. The first kappa shape index (κ1) is 29.3. The van der Waals surface area contributed by atoms with Crippen molar-refractivity contribution in [3.8, 4) is 5.75 Å². The van der Waals surface area contributed by atoms with E-state index in [1.54, 1.807) is 24.1 Å². The summed E-state index contributed by atoms with van der Waals surface area (Å²) in [5, 5.41) is 11.5. The van der Waals surface area contributed by atoms with Gasteiger partial charge in [-0.1, -0.05) is 48.5 Å². The van der Waals surface area contributed by atoms with Crippen LogP contribution in [0.5, 0.6) is 5.75 Å². The van der Waals surface area contributed by atoms with Gasteiger partial charge in [0.15, 0.2) is 5.75 Å². The average Bonchev–Trinajstić information content (AvgIpc) is 3.61. The topological polar surface area (TPSA) is 115 Å². The van der Waals surface area contributed by atoms with E-state index in [1.165, 1.54) is 11.3 Å². The lowest BCUT2D eigenvalue weighted by atomic mass is 10.1. The number of amides is 1. The maximum absolute atomic E-state index is 13.4. The monoisotopic (exact) mass is 586 g/mol. The molecule has 214 valence electrons. The van der Waals surface area contributed by atoms with Gasteiger partial charge in [0.2, 0.25) is 0 Å². The standard InChI is InChI=1S/C26H24N4O3S.C2HF3O2/c1-29-20-11-6-5-10-19(20)23-21(26(29)32)22(33-16-18-8-3-2-4-9-18)24(34-23)25(31)28-12-7-14-30-15-13-27-17-30;3-2(4,5)1(6)7/h2-6,8-11,13,15,17H,7,12,14,16H2,1H3,(H,28,31);(H,6,7). The predicted molar refractivity (Wildman–Crippen MR) is 148 cm³/mol. The highest BCUT2D eigenvalue weighted by Gasteiger charge is 2.38. The summed E-state index contributed by atoms with van der Waals surface area (Å²) in [6, 6.07) is 17.4. The van der Waals surface area contributed by atoms with Crippen molar-refractivity contribution < 1.29 is 32.6 Å². The van der Waals surface area contributed by atoms with Crippen molar-refractivity contribution in [1.29, 1.82) is 0 Å². The summed E-state index contributed by atoms with van der Waals surface area (Å²) >= 11 is 1.31. The van der Waals surface area contributed by atoms with Gasteiger partial charge in [0.05, 0.1) is 16.5 Å². The van der Waals surface area contributed by atoms with Gasteiger partial charge in [-0.05, 0) is 18.1 Å². The zero-order chi connectivity index (χ0) is 29.6. The number of nitrogens with zero attached hydrogens (tertiary/aromatic N) is 3. The maximum atomic E-state index is 13.4. The number of imidazole rings is 1. The van der Waals surface area contributed by atoms with Crippen molar-refractivity contribution in [2.24, 2.45) is 7.05 Å². The molecule has 0 saturated heterocycles. The maximum Gasteiger partial charge on any atom is 0.490 e. The van der Waals surface area contributed by atoms with Crippen LogP contribution in [-0.4, -0.2) is 43.8 Å². The summed E-state index contributed by atoms with van der Waals surface area (Å²) in [6.07, 6.45) is 1.06. The quantitative estimate of drug-likeness (QED) is 0.248. The number of aryl methyl sites for hydroxylation is 2.